The molecule has 0 amide bonds. The van der Waals surface area contributed by atoms with Crippen molar-refractivity contribution in [3.8, 4) is 0 Å². The lowest BCUT2D eigenvalue weighted by atomic mass is 9.90. The van der Waals surface area contributed by atoms with E-state index in [2.05, 4.69) is 11.8 Å². The van der Waals surface area contributed by atoms with Gasteiger partial charge in [0.1, 0.15) is 0 Å². The Labute approximate surface area is 98.1 Å². The number of esters is 1. The van der Waals surface area contributed by atoms with E-state index in [-0.39, 0.29) is 11.9 Å². The Bertz CT molecular complexity index is 233. The van der Waals surface area contributed by atoms with Gasteiger partial charge in [0.05, 0.1) is 13.0 Å². The maximum Gasteiger partial charge on any atom is 0.309 e. The third kappa shape index (κ3) is 3.19. The van der Waals surface area contributed by atoms with Gasteiger partial charge in [-0.25, -0.2) is 0 Å². The summed E-state index contributed by atoms with van der Waals surface area (Å²) in [6.45, 7) is 6.65. The summed E-state index contributed by atoms with van der Waals surface area (Å²) in [6, 6.07) is 0.417. The highest BCUT2D eigenvalue weighted by Gasteiger charge is 2.29. The first kappa shape index (κ1) is 13.5. The van der Waals surface area contributed by atoms with Crippen molar-refractivity contribution >= 4 is 5.97 Å². The molecule has 1 fully saturated rings. The van der Waals surface area contributed by atoms with Gasteiger partial charge in [-0.15, -0.1) is 0 Å². The number of nitrogens with zero attached hydrogens (tertiary/aromatic N) is 1. The maximum atomic E-state index is 11.4. The summed E-state index contributed by atoms with van der Waals surface area (Å²) in [5.41, 5.74) is 5.81. The monoisotopic (exact) mass is 228 g/mol. The van der Waals surface area contributed by atoms with Crippen LogP contribution in [-0.4, -0.2) is 43.7 Å². The summed E-state index contributed by atoms with van der Waals surface area (Å²) in [6.07, 6.45) is 2.44. The van der Waals surface area contributed by atoms with Crippen LogP contribution >= 0.6 is 0 Å². The van der Waals surface area contributed by atoms with Crippen LogP contribution in [0.1, 0.15) is 26.7 Å². The molecule has 0 radical (unpaired) electrons. The Morgan fingerprint density at radius 1 is 1.62 bits per heavy atom. The number of hydrogen-bond donors (Lipinski definition) is 1. The number of ether oxygens (including phenoxy) is 1. The zero-order chi connectivity index (χ0) is 12.1. The second-order valence-corrected chi connectivity index (χ2v) is 4.84. The number of likely N-dealkylation sites (tertiary alicyclic amines) is 1. The van der Waals surface area contributed by atoms with Gasteiger partial charge in [-0.3, -0.25) is 9.69 Å². The van der Waals surface area contributed by atoms with Gasteiger partial charge in [0.15, 0.2) is 0 Å². The number of carbonyl (C=O) groups is 1. The minimum absolute atomic E-state index is 0.0654. The first-order chi connectivity index (χ1) is 7.60. The summed E-state index contributed by atoms with van der Waals surface area (Å²) in [5.74, 6) is 0.432. The van der Waals surface area contributed by atoms with Crippen molar-refractivity contribution in [2.24, 2.45) is 17.6 Å². The molecule has 3 unspecified atom stereocenters. The van der Waals surface area contributed by atoms with Crippen LogP contribution in [0.5, 0.6) is 0 Å². The van der Waals surface area contributed by atoms with Crippen LogP contribution in [-0.2, 0) is 9.53 Å². The summed E-state index contributed by atoms with van der Waals surface area (Å²) < 4.78 is 4.75. The number of carbonyl (C=O) groups excluding carboxylic acids is 1. The smallest absolute Gasteiger partial charge is 0.309 e. The Morgan fingerprint density at radius 2 is 2.31 bits per heavy atom. The van der Waals surface area contributed by atoms with Crippen LogP contribution in [0.4, 0.5) is 0 Å². The molecule has 1 rings (SSSR count). The van der Waals surface area contributed by atoms with Crippen molar-refractivity contribution in [3.05, 3.63) is 0 Å². The molecular weight excluding hydrogens is 204 g/mol. The average Bonchev–Trinajstić information content (AvgIpc) is 2.28. The van der Waals surface area contributed by atoms with Crippen molar-refractivity contribution in [1.82, 2.24) is 4.90 Å². The molecule has 2 N–H and O–H groups in total. The fraction of sp³-hybridized carbons (Fsp3) is 0.917. The average molecular weight is 228 g/mol. The van der Waals surface area contributed by atoms with Crippen LogP contribution in [0.15, 0.2) is 0 Å². The van der Waals surface area contributed by atoms with E-state index in [1.807, 2.05) is 6.92 Å². The molecule has 16 heavy (non-hydrogen) atoms. The Hall–Kier alpha value is -0.610. The molecule has 0 aromatic carbocycles. The molecule has 0 aromatic rings. The van der Waals surface area contributed by atoms with Crippen LogP contribution < -0.4 is 5.73 Å². The number of methoxy groups -OCH3 is 1. The molecule has 94 valence electrons. The predicted octanol–water partition coefficient (Wildman–Crippen LogP) is 0.855. The molecule has 4 nitrogen and oxygen atoms in total. The fourth-order valence-electron chi connectivity index (χ4n) is 2.57. The van der Waals surface area contributed by atoms with E-state index >= 15 is 0 Å². The van der Waals surface area contributed by atoms with Gasteiger partial charge in [-0.05, 0) is 25.3 Å². The lowest BCUT2D eigenvalue weighted by molar-refractivity contribution is -0.145. The topological polar surface area (TPSA) is 55.6 Å². The molecule has 1 saturated heterocycles. The Morgan fingerprint density at radius 3 is 2.88 bits per heavy atom. The summed E-state index contributed by atoms with van der Waals surface area (Å²) in [5, 5.41) is 0. The molecule has 0 aliphatic carbocycles. The number of hydrogen-bond acceptors (Lipinski definition) is 4. The SMILES string of the molecule is COC(=O)C(C)CN1CCCC(C)C1CN. The number of piperidine rings is 1. The fourth-order valence-corrected chi connectivity index (χ4v) is 2.57. The van der Waals surface area contributed by atoms with Gasteiger partial charge < -0.3 is 10.5 Å². The molecule has 4 heteroatoms. The molecule has 1 aliphatic heterocycles. The highest BCUT2D eigenvalue weighted by molar-refractivity contribution is 5.72. The van der Waals surface area contributed by atoms with Crippen molar-refractivity contribution in [2.75, 3.05) is 26.7 Å². The van der Waals surface area contributed by atoms with Gasteiger partial charge in [0.2, 0.25) is 0 Å². The predicted molar refractivity (Wildman–Crippen MR) is 64.0 cm³/mol. The third-order valence-electron chi connectivity index (χ3n) is 3.58. The van der Waals surface area contributed by atoms with Gasteiger partial charge in [0.25, 0.3) is 0 Å². The van der Waals surface area contributed by atoms with Crippen LogP contribution in [0.2, 0.25) is 0 Å². The zero-order valence-corrected chi connectivity index (χ0v) is 10.6. The largest absolute Gasteiger partial charge is 0.469 e. The Balaban J connectivity index is 2.53. The van der Waals surface area contributed by atoms with Crippen LogP contribution in [0.25, 0.3) is 0 Å². The molecule has 0 bridgehead atoms. The van der Waals surface area contributed by atoms with Gasteiger partial charge in [-0.2, -0.15) is 0 Å². The first-order valence-corrected chi connectivity index (χ1v) is 6.12. The van der Waals surface area contributed by atoms with Crippen LogP contribution in [0.3, 0.4) is 0 Å². The van der Waals surface area contributed by atoms with Crippen molar-refractivity contribution in [2.45, 2.75) is 32.7 Å². The third-order valence-corrected chi connectivity index (χ3v) is 3.58. The number of rotatable bonds is 4. The number of nitrogens with two attached hydrogens (primary N) is 1. The van der Waals surface area contributed by atoms with Crippen LogP contribution in [0, 0.1) is 11.8 Å². The zero-order valence-electron chi connectivity index (χ0n) is 10.6. The van der Waals surface area contributed by atoms with E-state index < -0.39 is 0 Å². The van der Waals surface area contributed by atoms with E-state index in [0.717, 1.165) is 13.1 Å². The second kappa shape index (κ2) is 6.21. The van der Waals surface area contributed by atoms with E-state index in [1.165, 1.54) is 20.0 Å². The molecular formula is C12H24N2O2. The summed E-state index contributed by atoms with van der Waals surface area (Å²) >= 11 is 0. The highest BCUT2D eigenvalue weighted by atomic mass is 16.5. The van der Waals surface area contributed by atoms with Gasteiger partial charge in [-0.1, -0.05) is 13.8 Å². The quantitative estimate of drug-likeness (QED) is 0.725. The summed E-state index contributed by atoms with van der Waals surface area (Å²) in [4.78, 5) is 13.7. The van der Waals surface area contributed by atoms with Gasteiger partial charge in [0, 0.05) is 19.1 Å². The minimum Gasteiger partial charge on any atom is -0.469 e. The van der Waals surface area contributed by atoms with E-state index in [1.54, 1.807) is 0 Å². The first-order valence-electron chi connectivity index (χ1n) is 6.12. The molecule has 1 aliphatic rings. The maximum absolute atomic E-state index is 11.4. The molecule has 0 aromatic heterocycles. The van der Waals surface area contributed by atoms with E-state index in [9.17, 15) is 4.79 Å². The summed E-state index contributed by atoms with van der Waals surface area (Å²) in [7, 11) is 1.44. The normalized spacial score (nSPS) is 28.8. The lowest BCUT2D eigenvalue weighted by Crippen LogP contribution is -2.50. The molecule has 0 spiro atoms. The second-order valence-electron chi connectivity index (χ2n) is 4.84. The molecule has 0 saturated carbocycles. The highest BCUT2D eigenvalue weighted by Crippen LogP contribution is 2.23. The van der Waals surface area contributed by atoms with Crippen molar-refractivity contribution in [3.63, 3.8) is 0 Å². The standard InChI is InChI=1S/C12H24N2O2/c1-9-5-4-6-14(11(9)7-13)8-10(2)12(15)16-3/h9-11H,4-8,13H2,1-3H3. The molecule has 1 heterocycles. The minimum atomic E-state index is -0.131. The lowest BCUT2D eigenvalue weighted by Gasteiger charge is -2.40. The Kier molecular flexibility index (Phi) is 5.22. The van der Waals surface area contributed by atoms with Gasteiger partial charge >= 0.3 is 5.97 Å². The van der Waals surface area contributed by atoms with E-state index in [0.29, 0.717) is 18.5 Å². The van der Waals surface area contributed by atoms with Crippen molar-refractivity contribution < 1.29 is 9.53 Å². The van der Waals surface area contributed by atoms with Crippen molar-refractivity contribution in [1.29, 1.82) is 0 Å². The molecule has 3 atom stereocenters. The van der Waals surface area contributed by atoms with E-state index in [4.69, 9.17) is 10.5 Å².